The smallest absolute Gasteiger partial charge is 0.478 e. The Kier molecular flexibility index (Phi) is 7.79. The number of aliphatic imine (C=N–C) groups is 1. The summed E-state index contributed by atoms with van der Waals surface area (Å²) in [5.41, 5.74) is 16.1. The van der Waals surface area contributed by atoms with Crippen LogP contribution >= 0.6 is 0 Å². The number of nitrogens with one attached hydrogen (secondary N) is 1. The normalized spacial score (nSPS) is 22.3. The van der Waals surface area contributed by atoms with Gasteiger partial charge in [0, 0.05) is 6.54 Å². The Morgan fingerprint density at radius 3 is 2.65 bits per heavy atom. The third-order valence-corrected chi connectivity index (χ3v) is 3.51. The van der Waals surface area contributed by atoms with Gasteiger partial charge >= 0.3 is 13.1 Å². The number of hydrogen-bond acceptors (Lipinski definition) is 6. The zero-order valence-corrected chi connectivity index (χ0v) is 12.9. The van der Waals surface area contributed by atoms with E-state index in [0.29, 0.717) is 32.2 Å². The second-order valence-corrected chi connectivity index (χ2v) is 5.49. The number of rotatable bonds is 8. The predicted octanol–water partition coefficient (Wildman–Crippen LogP) is -2.47. The number of carbonyl (C=O) groups excluding carboxylic acids is 1. The molecule has 130 valence electrons. The summed E-state index contributed by atoms with van der Waals surface area (Å²) in [5, 5.41) is 21.2. The molecule has 9 N–H and O–H groups in total. The number of nitrogens with two attached hydrogens (primary N) is 3. The largest absolute Gasteiger partial charge is 0.481 e. The summed E-state index contributed by atoms with van der Waals surface area (Å²) in [7, 11) is -1.24. The minimum atomic E-state index is -1.24. The average molecular weight is 329 g/mol. The van der Waals surface area contributed by atoms with Gasteiger partial charge in [-0.2, -0.15) is 0 Å². The Morgan fingerprint density at radius 1 is 1.39 bits per heavy atom. The van der Waals surface area contributed by atoms with Crippen LogP contribution in [0.3, 0.4) is 0 Å². The van der Waals surface area contributed by atoms with Gasteiger partial charge < -0.3 is 37.3 Å². The molecule has 0 aromatic heterocycles. The summed E-state index contributed by atoms with van der Waals surface area (Å²) in [6, 6.07) is -0.742. The third kappa shape index (κ3) is 7.31. The molecule has 0 aromatic carbocycles. The van der Waals surface area contributed by atoms with E-state index in [2.05, 4.69) is 10.3 Å². The molecule has 1 saturated heterocycles. The Labute approximate surface area is 134 Å². The topological polar surface area (TPSA) is 186 Å². The van der Waals surface area contributed by atoms with Crippen molar-refractivity contribution < 1.29 is 24.4 Å². The van der Waals surface area contributed by atoms with E-state index in [-0.39, 0.29) is 12.4 Å². The summed E-state index contributed by atoms with van der Waals surface area (Å²) < 4.78 is 5.19. The lowest BCUT2D eigenvalue weighted by atomic mass is 9.72. The van der Waals surface area contributed by atoms with Crippen LogP contribution in [-0.4, -0.2) is 59.7 Å². The SMILES string of the molecule is NC(N)=NCCCC(N)C(=O)NC1CCC(CC(=O)O)OB1O. The number of amides is 1. The number of nitrogens with zero attached hydrogens (tertiary/aromatic N) is 1. The fourth-order valence-electron chi connectivity index (χ4n) is 2.30. The highest BCUT2D eigenvalue weighted by molar-refractivity contribution is 6.45. The molecule has 1 heterocycles. The second kappa shape index (κ2) is 9.33. The zero-order chi connectivity index (χ0) is 17.4. The third-order valence-electron chi connectivity index (χ3n) is 3.51. The van der Waals surface area contributed by atoms with Gasteiger partial charge in [0.25, 0.3) is 0 Å². The number of hydrogen-bond donors (Lipinski definition) is 6. The molecule has 1 fully saturated rings. The summed E-state index contributed by atoms with van der Waals surface area (Å²) >= 11 is 0. The van der Waals surface area contributed by atoms with Crippen LogP contribution in [0.4, 0.5) is 0 Å². The Bertz CT molecular complexity index is 446. The minimum absolute atomic E-state index is 0.0126. The Morgan fingerprint density at radius 2 is 2.09 bits per heavy atom. The summed E-state index contributed by atoms with van der Waals surface area (Å²) in [6.45, 7) is 0.384. The fourth-order valence-corrected chi connectivity index (χ4v) is 2.30. The maximum atomic E-state index is 12.0. The molecule has 3 atom stereocenters. The molecule has 0 spiro atoms. The lowest BCUT2D eigenvalue weighted by Crippen LogP contribution is -2.56. The van der Waals surface area contributed by atoms with Crippen LogP contribution in [0.15, 0.2) is 4.99 Å². The van der Waals surface area contributed by atoms with Crippen molar-refractivity contribution in [3.05, 3.63) is 0 Å². The highest BCUT2D eigenvalue weighted by atomic mass is 16.5. The molecule has 23 heavy (non-hydrogen) atoms. The van der Waals surface area contributed by atoms with Gasteiger partial charge in [0.1, 0.15) is 0 Å². The molecule has 1 rings (SSSR count). The van der Waals surface area contributed by atoms with E-state index >= 15 is 0 Å². The van der Waals surface area contributed by atoms with Gasteiger partial charge in [0.05, 0.1) is 24.5 Å². The van der Waals surface area contributed by atoms with E-state index in [1.54, 1.807) is 0 Å². The first-order valence-corrected chi connectivity index (χ1v) is 7.46. The Hall–Kier alpha value is -1.85. The summed E-state index contributed by atoms with van der Waals surface area (Å²) in [5.74, 6) is -2.01. The van der Waals surface area contributed by atoms with Crippen molar-refractivity contribution in [2.24, 2.45) is 22.2 Å². The molecule has 1 aliphatic rings. The standard InChI is InChI=1S/C12H24BN5O5/c14-8(2-1-5-17-12(15)16)11(21)18-9-4-3-7(6-10(19)20)23-13(9)22/h7-9,22H,1-6,14H2,(H,18,21)(H,19,20)(H4,15,16,17). The van der Waals surface area contributed by atoms with E-state index in [0.717, 1.165) is 0 Å². The first-order valence-electron chi connectivity index (χ1n) is 7.46. The van der Waals surface area contributed by atoms with Crippen LogP contribution in [0.25, 0.3) is 0 Å². The molecule has 11 heteroatoms. The van der Waals surface area contributed by atoms with Gasteiger partial charge in [0.2, 0.25) is 5.91 Å². The molecule has 1 aliphatic heterocycles. The van der Waals surface area contributed by atoms with Crippen LogP contribution in [0, 0.1) is 0 Å². The van der Waals surface area contributed by atoms with Crippen LogP contribution in [0.2, 0.25) is 0 Å². The molecule has 3 unspecified atom stereocenters. The van der Waals surface area contributed by atoms with E-state index in [1.807, 2.05) is 0 Å². The number of carboxylic acids is 1. The second-order valence-electron chi connectivity index (χ2n) is 5.49. The maximum Gasteiger partial charge on any atom is 0.478 e. The van der Waals surface area contributed by atoms with Crippen molar-refractivity contribution in [1.82, 2.24) is 5.32 Å². The van der Waals surface area contributed by atoms with Gasteiger partial charge in [-0.3, -0.25) is 14.6 Å². The van der Waals surface area contributed by atoms with Gasteiger partial charge in [-0.25, -0.2) is 0 Å². The molecule has 0 saturated carbocycles. The van der Waals surface area contributed by atoms with Crippen molar-refractivity contribution in [2.45, 2.75) is 50.2 Å². The number of aliphatic carboxylic acids is 1. The van der Waals surface area contributed by atoms with Crippen molar-refractivity contribution in [1.29, 1.82) is 0 Å². The van der Waals surface area contributed by atoms with Gasteiger partial charge in [-0.1, -0.05) is 0 Å². The first-order chi connectivity index (χ1) is 10.8. The maximum absolute atomic E-state index is 12.0. The van der Waals surface area contributed by atoms with Crippen molar-refractivity contribution in [3.8, 4) is 0 Å². The Balaban J connectivity index is 2.33. The monoisotopic (exact) mass is 329 g/mol. The molecule has 0 aliphatic carbocycles. The molecular formula is C12H24BN5O5. The zero-order valence-electron chi connectivity index (χ0n) is 12.9. The predicted molar refractivity (Wildman–Crippen MR) is 84.1 cm³/mol. The molecule has 1 amide bonds. The molecule has 0 aromatic rings. The highest BCUT2D eigenvalue weighted by Gasteiger charge is 2.37. The van der Waals surface area contributed by atoms with E-state index in [9.17, 15) is 14.6 Å². The van der Waals surface area contributed by atoms with Crippen LogP contribution < -0.4 is 22.5 Å². The molecule has 0 radical (unpaired) electrons. The fraction of sp³-hybridized carbons (Fsp3) is 0.750. The lowest BCUT2D eigenvalue weighted by molar-refractivity contribution is -0.139. The van der Waals surface area contributed by atoms with Crippen molar-refractivity contribution in [2.75, 3.05) is 6.54 Å². The summed E-state index contributed by atoms with van der Waals surface area (Å²) in [6.07, 6.45) is 1.08. The first kappa shape index (κ1) is 19.2. The van der Waals surface area contributed by atoms with E-state index < -0.39 is 37.1 Å². The molecule has 10 nitrogen and oxygen atoms in total. The van der Waals surface area contributed by atoms with Gasteiger partial charge in [0.15, 0.2) is 5.96 Å². The van der Waals surface area contributed by atoms with E-state index in [1.165, 1.54) is 0 Å². The average Bonchev–Trinajstić information content (AvgIpc) is 2.45. The lowest BCUT2D eigenvalue weighted by Gasteiger charge is -2.31. The summed E-state index contributed by atoms with van der Waals surface area (Å²) in [4.78, 5) is 26.4. The number of carbonyl (C=O) groups is 2. The van der Waals surface area contributed by atoms with Crippen molar-refractivity contribution in [3.63, 3.8) is 0 Å². The molecule has 0 bridgehead atoms. The molecular weight excluding hydrogens is 305 g/mol. The minimum Gasteiger partial charge on any atom is -0.481 e. The van der Waals surface area contributed by atoms with E-state index in [4.69, 9.17) is 27.0 Å². The quantitative estimate of drug-likeness (QED) is 0.122. The van der Waals surface area contributed by atoms with Gasteiger partial charge in [-0.05, 0) is 25.7 Å². The van der Waals surface area contributed by atoms with Crippen molar-refractivity contribution >= 4 is 25.0 Å². The highest BCUT2D eigenvalue weighted by Crippen LogP contribution is 2.18. The van der Waals surface area contributed by atoms with Crippen LogP contribution in [-0.2, 0) is 14.2 Å². The number of guanidine groups is 1. The van der Waals surface area contributed by atoms with Crippen LogP contribution in [0.5, 0.6) is 0 Å². The van der Waals surface area contributed by atoms with Gasteiger partial charge in [-0.15, -0.1) is 0 Å². The van der Waals surface area contributed by atoms with Crippen LogP contribution in [0.1, 0.15) is 32.1 Å². The number of carboxylic acid groups (broad SMARTS) is 1.